The van der Waals surface area contributed by atoms with Crippen molar-refractivity contribution in [2.24, 2.45) is 5.16 Å². The molecule has 1 aromatic carbocycles. The number of oxazole rings is 1. The molecule has 1 atom stereocenters. The zero-order chi connectivity index (χ0) is 16.2. The number of rotatable bonds is 6. The first-order valence-electron chi connectivity index (χ1n) is 6.99. The number of hydrogen-bond donors (Lipinski definition) is 2. The van der Waals surface area contributed by atoms with Gasteiger partial charge in [0, 0.05) is 12.1 Å². The average molecular weight is 326 g/mol. The van der Waals surface area contributed by atoms with Crippen LogP contribution in [0.5, 0.6) is 0 Å². The SMILES string of the molecule is CC(C)(C)NCC(O)CO/N=C(\Cl)c1nc2ccccc2o1. The Morgan fingerprint density at radius 1 is 1.45 bits per heavy atom. The first kappa shape index (κ1) is 16.7. The molecule has 6 nitrogen and oxygen atoms in total. The van der Waals surface area contributed by atoms with Gasteiger partial charge in [-0.25, -0.2) is 4.98 Å². The van der Waals surface area contributed by atoms with E-state index >= 15 is 0 Å². The molecule has 1 unspecified atom stereocenters. The van der Waals surface area contributed by atoms with Crippen LogP contribution in [0.25, 0.3) is 11.1 Å². The van der Waals surface area contributed by atoms with Crippen LogP contribution in [-0.2, 0) is 4.84 Å². The highest BCUT2D eigenvalue weighted by atomic mass is 35.5. The predicted molar refractivity (Wildman–Crippen MR) is 86.1 cm³/mol. The molecule has 0 aliphatic carbocycles. The molecule has 2 aromatic rings. The van der Waals surface area contributed by atoms with Gasteiger partial charge < -0.3 is 19.7 Å². The lowest BCUT2D eigenvalue weighted by molar-refractivity contribution is 0.0375. The van der Waals surface area contributed by atoms with Gasteiger partial charge in [-0.3, -0.25) is 0 Å². The Bertz CT molecular complexity index is 616. The van der Waals surface area contributed by atoms with E-state index in [0.29, 0.717) is 17.6 Å². The number of halogens is 1. The van der Waals surface area contributed by atoms with Gasteiger partial charge in [-0.1, -0.05) is 28.9 Å². The molecule has 120 valence electrons. The molecule has 2 rings (SSSR count). The molecule has 0 aliphatic rings. The maximum atomic E-state index is 9.77. The summed E-state index contributed by atoms with van der Waals surface area (Å²) in [6, 6.07) is 7.31. The highest BCUT2D eigenvalue weighted by Crippen LogP contribution is 2.16. The lowest BCUT2D eigenvalue weighted by Crippen LogP contribution is -2.42. The van der Waals surface area contributed by atoms with E-state index in [0.717, 1.165) is 0 Å². The van der Waals surface area contributed by atoms with Gasteiger partial charge in [0.05, 0.1) is 0 Å². The van der Waals surface area contributed by atoms with Crippen molar-refractivity contribution in [3.8, 4) is 0 Å². The fraction of sp³-hybridized carbons (Fsp3) is 0.467. The number of para-hydroxylation sites is 2. The Kier molecular flexibility index (Phi) is 5.39. The zero-order valence-corrected chi connectivity index (χ0v) is 13.6. The summed E-state index contributed by atoms with van der Waals surface area (Å²) in [4.78, 5) is 9.23. The van der Waals surface area contributed by atoms with Gasteiger partial charge in [0.1, 0.15) is 18.2 Å². The second-order valence-electron chi connectivity index (χ2n) is 5.95. The van der Waals surface area contributed by atoms with E-state index in [4.69, 9.17) is 20.9 Å². The van der Waals surface area contributed by atoms with E-state index in [2.05, 4.69) is 15.5 Å². The Morgan fingerprint density at radius 2 is 2.18 bits per heavy atom. The topological polar surface area (TPSA) is 79.9 Å². The normalized spacial score (nSPS) is 14.3. The summed E-state index contributed by atoms with van der Waals surface area (Å²) in [5, 5.41) is 16.7. The summed E-state index contributed by atoms with van der Waals surface area (Å²) in [6.45, 7) is 6.48. The van der Waals surface area contributed by atoms with Crippen molar-refractivity contribution in [2.75, 3.05) is 13.2 Å². The van der Waals surface area contributed by atoms with E-state index in [9.17, 15) is 5.11 Å². The van der Waals surface area contributed by atoms with Gasteiger partial charge in [0.2, 0.25) is 5.17 Å². The number of aliphatic hydroxyl groups excluding tert-OH is 1. The van der Waals surface area contributed by atoms with Gasteiger partial charge in [0.25, 0.3) is 5.89 Å². The fourth-order valence-electron chi connectivity index (χ4n) is 1.66. The number of aliphatic hydroxyl groups is 1. The second-order valence-corrected chi connectivity index (χ2v) is 6.31. The summed E-state index contributed by atoms with van der Waals surface area (Å²) >= 11 is 5.98. The van der Waals surface area contributed by atoms with Crippen LogP contribution in [0.3, 0.4) is 0 Å². The molecule has 0 saturated carbocycles. The smallest absolute Gasteiger partial charge is 0.261 e. The van der Waals surface area contributed by atoms with Crippen LogP contribution >= 0.6 is 11.6 Å². The van der Waals surface area contributed by atoms with Crippen molar-refractivity contribution in [3.63, 3.8) is 0 Å². The van der Waals surface area contributed by atoms with Crippen LogP contribution in [0.4, 0.5) is 0 Å². The van der Waals surface area contributed by atoms with Gasteiger partial charge in [-0.15, -0.1) is 0 Å². The maximum absolute atomic E-state index is 9.77. The van der Waals surface area contributed by atoms with E-state index in [-0.39, 0.29) is 23.2 Å². The molecule has 0 radical (unpaired) electrons. The van der Waals surface area contributed by atoms with Crippen LogP contribution < -0.4 is 5.32 Å². The Morgan fingerprint density at radius 3 is 2.86 bits per heavy atom. The number of β-amino-alcohol motifs (C(OH)–C–C–N with tert-alkyl or cyclic N) is 1. The minimum absolute atomic E-state index is 0.00665. The van der Waals surface area contributed by atoms with E-state index < -0.39 is 6.10 Å². The van der Waals surface area contributed by atoms with Crippen molar-refractivity contribution in [3.05, 3.63) is 30.2 Å². The largest absolute Gasteiger partial charge is 0.434 e. The molecule has 0 bridgehead atoms. The molecule has 1 heterocycles. The number of fused-ring (bicyclic) bond motifs is 1. The van der Waals surface area contributed by atoms with Crippen LogP contribution in [-0.4, -0.2) is 40.1 Å². The van der Waals surface area contributed by atoms with Crippen molar-refractivity contribution in [1.82, 2.24) is 10.3 Å². The van der Waals surface area contributed by atoms with E-state index in [1.807, 2.05) is 39.0 Å². The first-order chi connectivity index (χ1) is 10.3. The third-order valence-electron chi connectivity index (χ3n) is 2.75. The summed E-state index contributed by atoms with van der Waals surface area (Å²) in [7, 11) is 0. The van der Waals surface area contributed by atoms with E-state index in [1.54, 1.807) is 6.07 Å². The minimum Gasteiger partial charge on any atom is -0.434 e. The molecule has 0 saturated heterocycles. The number of oxime groups is 1. The predicted octanol–water partition coefficient (Wildman–Crippen LogP) is 2.49. The standard InChI is InChI=1S/C15H20ClN3O3/c1-15(2,3)17-8-10(20)9-21-19-13(16)14-18-11-6-4-5-7-12(11)22-14/h4-7,10,17,20H,8-9H2,1-3H3/b19-13-. The first-order valence-corrected chi connectivity index (χ1v) is 7.37. The lowest BCUT2D eigenvalue weighted by atomic mass is 10.1. The number of nitrogens with zero attached hydrogens (tertiary/aromatic N) is 2. The highest BCUT2D eigenvalue weighted by Gasteiger charge is 2.14. The number of benzene rings is 1. The maximum Gasteiger partial charge on any atom is 0.261 e. The highest BCUT2D eigenvalue weighted by molar-refractivity contribution is 6.68. The number of nitrogens with one attached hydrogen (secondary N) is 1. The average Bonchev–Trinajstić information content (AvgIpc) is 2.88. The summed E-state index contributed by atoms with van der Waals surface area (Å²) in [5.74, 6) is 0.185. The molecule has 2 N–H and O–H groups in total. The van der Waals surface area contributed by atoms with E-state index in [1.165, 1.54) is 0 Å². The van der Waals surface area contributed by atoms with Gasteiger partial charge in [-0.2, -0.15) is 0 Å². The Balaban J connectivity index is 1.87. The summed E-state index contributed by atoms with van der Waals surface area (Å²) < 4.78 is 5.45. The molecule has 1 aromatic heterocycles. The molecule has 0 amide bonds. The fourth-order valence-corrected chi connectivity index (χ4v) is 1.79. The summed E-state index contributed by atoms with van der Waals surface area (Å²) in [6.07, 6.45) is -0.684. The third-order valence-corrected chi connectivity index (χ3v) is 2.98. The second kappa shape index (κ2) is 7.09. The lowest BCUT2D eigenvalue weighted by Gasteiger charge is -2.22. The van der Waals surface area contributed by atoms with Crippen molar-refractivity contribution in [2.45, 2.75) is 32.4 Å². The summed E-state index contributed by atoms with van der Waals surface area (Å²) in [5.41, 5.74) is 1.25. The van der Waals surface area contributed by atoms with Crippen LogP contribution in [0.1, 0.15) is 26.7 Å². The minimum atomic E-state index is -0.684. The van der Waals surface area contributed by atoms with Gasteiger partial charge in [0.15, 0.2) is 5.58 Å². The Hall–Kier alpha value is -1.63. The monoisotopic (exact) mass is 325 g/mol. The quantitative estimate of drug-likeness (QED) is 0.630. The molecule has 0 fully saturated rings. The molecular weight excluding hydrogens is 306 g/mol. The molecule has 22 heavy (non-hydrogen) atoms. The molecule has 0 aliphatic heterocycles. The van der Waals surface area contributed by atoms with Crippen molar-refractivity contribution < 1.29 is 14.4 Å². The van der Waals surface area contributed by atoms with Gasteiger partial charge >= 0.3 is 0 Å². The van der Waals surface area contributed by atoms with Crippen LogP contribution in [0.2, 0.25) is 0 Å². The molecule has 0 spiro atoms. The zero-order valence-electron chi connectivity index (χ0n) is 12.8. The van der Waals surface area contributed by atoms with Crippen LogP contribution in [0, 0.1) is 0 Å². The molecule has 7 heteroatoms. The van der Waals surface area contributed by atoms with Crippen LogP contribution in [0.15, 0.2) is 33.8 Å². The van der Waals surface area contributed by atoms with Crippen molar-refractivity contribution >= 4 is 27.9 Å². The van der Waals surface area contributed by atoms with Gasteiger partial charge in [-0.05, 0) is 32.9 Å². The third kappa shape index (κ3) is 4.98. The Labute approximate surface area is 134 Å². The number of hydrogen-bond acceptors (Lipinski definition) is 6. The number of aromatic nitrogens is 1. The molecular formula is C15H20ClN3O3. The van der Waals surface area contributed by atoms with Crippen molar-refractivity contribution in [1.29, 1.82) is 0 Å².